The van der Waals surface area contributed by atoms with Crippen LogP contribution in [-0.2, 0) is 17.8 Å². The van der Waals surface area contributed by atoms with Gasteiger partial charge < -0.3 is 20.1 Å². The van der Waals surface area contributed by atoms with Gasteiger partial charge in [0.25, 0.3) is 0 Å². The van der Waals surface area contributed by atoms with Crippen LogP contribution >= 0.6 is 11.3 Å². The van der Waals surface area contributed by atoms with E-state index >= 15 is 0 Å². The summed E-state index contributed by atoms with van der Waals surface area (Å²) in [6.45, 7) is 6.31. The number of benzene rings is 1. The van der Waals surface area contributed by atoms with Gasteiger partial charge in [-0.1, -0.05) is 6.07 Å². The van der Waals surface area contributed by atoms with Crippen LogP contribution in [0.3, 0.4) is 0 Å². The van der Waals surface area contributed by atoms with Gasteiger partial charge in [-0.2, -0.15) is 0 Å². The van der Waals surface area contributed by atoms with E-state index < -0.39 is 0 Å². The van der Waals surface area contributed by atoms with Gasteiger partial charge in [0.1, 0.15) is 6.54 Å². The van der Waals surface area contributed by atoms with Crippen LogP contribution in [0.1, 0.15) is 18.7 Å². The number of amides is 3. The minimum atomic E-state index is -0.216. The highest BCUT2D eigenvalue weighted by molar-refractivity contribution is 7.09. The lowest BCUT2D eigenvalue weighted by Crippen LogP contribution is -2.33. The molecule has 3 aromatic rings. The molecule has 0 fully saturated rings. The number of anilines is 1. The molecule has 3 rings (SSSR count). The lowest BCUT2D eigenvalue weighted by Gasteiger charge is -2.19. The predicted octanol–water partition coefficient (Wildman–Crippen LogP) is 3.94. The van der Waals surface area contributed by atoms with E-state index in [0.29, 0.717) is 26.2 Å². The van der Waals surface area contributed by atoms with E-state index in [1.54, 1.807) is 11.3 Å². The summed E-state index contributed by atoms with van der Waals surface area (Å²) in [6.07, 6.45) is 2.74. The number of fused-ring (bicyclic) bond motifs is 1. The fourth-order valence-electron chi connectivity index (χ4n) is 3.17. The molecule has 0 saturated carbocycles. The molecular weight excluding hydrogens is 372 g/mol. The largest absolute Gasteiger partial charge is 0.342 e. The summed E-state index contributed by atoms with van der Waals surface area (Å²) in [5.41, 5.74) is 1.71. The van der Waals surface area contributed by atoms with Crippen molar-refractivity contribution in [1.82, 2.24) is 14.8 Å². The van der Waals surface area contributed by atoms with Crippen molar-refractivity contribution in [3.8, 4) is 0 Å². The number of nitrogens with zero attached hydrogens (tertiary/aromatic N) is 2. The van der Waals surface area contributed by atoms with E-state index in [0.717, 1.165) is 23.0 Å². The number of aromatic nitrogens is 1. The Morgan fingerprint density at radius 1 is 1.14 bits per heavy atom. The third kappa shape index (κ3) is 4.92. The molecule has 0 saturated heterocycles. The molecule has 28 heavy (non-hydrogen) atoms. The van der Waals surface area contributed by atoms with Crippen molar-refractivity contribution in [3.05, 3.63) is 52.9 Å². The molecule has 0 aliphatic heterocycles. The number of urea groups is 1. The predicted molar refractivity (Wildman–Crippen MR) is 115 cm³/mol. The molecule has 3 amide bonds. The first-order chi connectivity index (χ1) is 13.6. The fraction of sp³-hybridized carbons (Fsp3) is 0.333. The first kappa shape index (κ1) is 19.9. The molecule has 148 valence electrons. The number of nitrogens with one attached hydrogen (secondary N) is 2. The molecule has 0 radical (unpaired) electrons. The zero-order chi connectivity index (χ0) is 19.9. The summed E-state index contributed by atoms with van der Waals surface area (Å²) in [7, 11) is 0. The first-order valence-corrected chi connectivity index (χ1v) is 10.4. The molecule has 0 aliphatic rings. The van der Waals surface area contributed by atoms with Crippen LogP contribution in [0.5, 0.6) is 0 Å². The molecule has 2 heterocycles. The molecule has 7 heteroatoms. The monoisotopic (exact) mass is 398 g/mol. The third-order valence-corrected chi connectivity index (χ3v) is 5.62. The number of hydrogen-bond acceptors (Lipinski definition) is 3. The lowest BCUT2D eigenvalue weighted by molar-refractivity contribution is -0.131. The molecule has 6 nitrogen and oxygen atoms in total. The molecule has 0 spiro atoms. The normalized spacial score (nSPS) is 10.8. The Hall–Kier alpha value is -2.80. The summed E-state index contributed by atoms with van der Waals surface area (Å²) in [5, 5.41) is 8.77. The Morgan fingerprint density at radius 2 is 1.96 bits per heavy atom. The smallest absolute Gasteiger partial charge is 0.319 e. The molecule has 2 aromatic heterocycles. The Bertz CT molecular complexity index is 929. The van der Waals surface area contributed by atoms with Crippen LogP contribution in [0.4, 0.5) is 10.5 Å². The minimum absolute atomic E-state index is 0.106. The van der Waals surface area contributed by atoms with Crippen molar-refractivity contribution in [1.29, 1.82) is 0 Å². The highest BCUT2D eigenvalue weighted by atomic mass is 32.1. The summed E-state index contributed by atoms with van der Waals surface area (Å²) in [6, 6.07) is 11.5. The topological polar surface area (TPSA) is 66.4 Å². The van der Waals surface area contributed by atoms with Gasteiger partial charge in [-0.3, -0.25) is 4.79 Å². The molecule has 0 aliphatic carbocycles. The Kier molecular flexibility index (Phi) is 6.71. The second kappa shape index (κ2) is 9.41. The van der Waals surface area contributed by atoms with Gasteiger partial charge >= 0.3 is 6.03 Å². The zero-order valence-electron chi connectivity index (χ0n) is 16.3. The SMILES string of the molecule is CCN(CC)C(=O)Cn1ccc2cc(NC(=O)NCCc3cccs3)ccc21. The number of hydrogen-bond donors (Lipinski definition) is 2. The fourth-order valence-corrected chi connectivity index (χ4v) is 3.88. The average Bonchev–Trinajstić information content (AvgIpc) is 3.33. The maximum atomic E-state index is 12.4. The first-order valence-electron chi connectivity index (χ1n) is 9.54. The van der Waals surface area contributed by atoms with Crippen LogP contribution in [-0.4, -0.2) is 41.0 Å². The molecule has 0 bridgehead atoms. The Labute approximate surface area is 169 Å². The number of rotatable bonds is 8. The Balaban J connectivity index is 1.58. The highest BCUT2D eigenvalue weighted by Crippen LogP contribution is 2.21. The third-order valence-electron chi connectivity index (χ3n) is 4.69. The van der Waals surface area contributed by atoms with Crippen molar-refractivity contribution < 1.29 is 9.59 Å². The van der Waals surface area contributed by atoms with Gasteiger partial charge in [-0.15, -0.1) is 11.3 Å². The number of carbonyl (C=O) groups is 2. The molecule has 0 unspecified atom stereocenters. The summed E-state index contributed by atoms with van der Waals surface area (Å²) in [5.74, 6) is 0.106. The molecule has 0 atom stereocenters. The minimum Gasteiger partial charge on any atom is -0.342 e. The van der Waals surface area contributed by atoms with Crippen LogP contribution in [0, 0.1) is 0 Å². The zero-order valence-corrected chi connectivity index (χ0v) is 17.1. The lowest BCUT2D eigenvalue weighted by atomic mass is 10.2. The van der Waals surface area contributed by atoms with E-state index in [9.17, 15) is 9.59 Å². The van der Waals surface area contributed by atoms with Crippen LogP contribution < -0.4 is 10.6 Å². The quantitative estimate of drug-likeness (QED) is 0.604. The second-order valence-electron chi connectivity index (χ2n) is 6.49. The van der Waals surface area contributed by atoms with Crippen molar-refractivity contribution in [2.24, 2.45) is 0 Å². The van der Waals surface area contributed by atoms with Crippen molar-refractivity contribution in [2.75, 3.05) is 25.0 Å². The van der Waals surface area contributed by atoms with E-state index in [1.807, 2.05) is 65.2 Å². The number of carbonyl (C=O) groups excluding carboxylic acids is 2. The summed E-state index contributed by atoms with van der Waals surface area (Å²) in [4.78, 5) is 27.5. The van der Waals surface area contributed by atoms with Crippen LogP contribution in [0.15, 0.2) is 48.0 Å². The van der Waals surface area contributed by atoms with Crippen molar-refractivity contribution in [2.45, 2.75) is 26.8 Å². The van der Waals surface area contributed by atoms with Gasteiger partial charge in [0, 0.05) is 47.3 Å². The summed E-state index contributed by atoms with van der Waals surface area (Å²) >= 11 is 1.69. The molecule has 1 aromatic carbocycles. The average molecular weight is 399 g/mol. The van der Waals surface area contributed by atoms with Crippen LogP contribution in [0.25, 0.3) is 10.9 Å². The van der Waals surface area contributed by atoms with E-state index in [-0.39, 0.29) is 11.9 Å². The maximum Gasteiger partial charge on any atom is 0.319 e. The summed E-state index contributed by atoms with van der Waals surface area (Å²) < 4.78 is 1.95. The molecular formula is C21H26N4O2S. The van der Waals surface area contributed by atoms with Crippen molar-refractivity contribution >= 4 is 39.9 Å². The van der Waals surface area contributed by atoms with Crippen LogP contribution in [0.2, 0.25) is 0 Å². The maximum absolute atomic E-state index is 12.4. The van der Waals surface area contributed by atoms with Gasteiger partial charge in [0.2, 0.25) is 5.91 Å². The van der Waals surface area contributed by atoms with Gasteiger partial charge in [-0.25, -0.2) is 4.79 Å². The number of likely N-dealkylation sites (N-methyl/N-ethyl adjacent to an activating group) is 1. The standard InChI is InChI=1S/C21H26N4O2S/c1-3-24(4-2)20(26)15-25-12-10-16-14-17(7-8-19(16)25)23-21(27)22-11-9-18-6-5-13-28-18/h5-8,10,12-14H,3-4,9,11,15H2,1-2H3,(H2,22,23,27). The highest BCUT2D eigenvalue weighted by Gasteiger charge is 2.12. The van der Waals surface area contributed by atoms with Gasteiger partial charge in [0.05, 0.1) is 0 Å². The van der Waals surface area contributed by atoms with Crippen molar-refractivity contribution in [3.63, 3.8) is 0 Å². The van der Waals surface area contributed by atoms with E-state index in [4.69, 9.17) is 0 Å². The second-order valence-corrected chi connectivity index (χ2v) is 7.53. The van der Waals surface area contributed by atoms with E-state index in [2.05, 4.69) is 16.7 Å². The Morgan fingerprint density at radius 3 is 2.68 bits per heavy atom. The van der Waals surface area contributed by atoms with E-state index in [1.165, 1.54) is 4.88 Å². The van der Waals surface area contributed by atoms with Gasteiger partial charge in [0.15, 0.2) is 0 Å². The van der Waals surface area contributed by atoms with Gasteiger partial charge in [-0.05, 0) is 56.0 Å². The molecule has 2 N–H and O–H groups in total. The number of thiophene rings is 1.